The van der Waals surface area contributed by atoms with E-state index in [9.17, 15) is 9.18 Å². The van der Waals surface area contributed by atoms with Crippen LogP contribution in [-0.4, -0.2) is 23.0 Å². The van der Waals surface area contributed by atoms with Gasteiger partial charge in [-0.2, -0.15) is 4.39 Å². The van der Waals surface area contributed by atoms with E-state index in [4.69, 9.17) is 5.11 Å². The van der Waals surface area contributed by atoms with E-state index in [1.54, 1.807) is 0 Å². The molecule has 0 atom stereocenters. The zero-order chi connectivity index (χ0) is 9.68. The van der Waals surface area contributed by atoms with Crippen molar-refractivity contribution in [3.8, 4) is 0 Å². The van der Waals surface area contributed by atoms with Crippen LogP contribution in [0.15, 0.2) is 18.3 Å². The molecule has 1 heterocycles. The van der Waals surface area contributed by atoms with Crippen molar-refractivity contribution in [2.24, 2.45) is 0 Å². The molecule has 0 saturated heterocycles. The zero-order valence-electron chi connectivity index (χ0n) is 6.77. The largest absolute Gasteiger partial charge is 0.392 e. The lowest BCUT2D eigenvalue weighted by molar-refractivity contribution is 0.111. The number of pyridine rings is 1. The van der Waals surface area contributed by atoms with E-state index in [1.807, 2.05) is 0 Å². The highest BCUT2D eigenvalue weighted by Gasteiger charge is 2.05. The predicted molar refractivity (Wildman–Crippen MR) is 45.7 cm³/mol. The summed E-state index contributed by atoms with van der Waals surface area (Å²) in [6.45, 7) is -0.151. The van der Waals surface area contributed by atoms with Gasteiger partial charge in [0.2, 0.25) is 5.95 Å². The van der Waals surface area contributed by atoms with Crippen LogP contribution in [-0.2, 0) is 0 Å². The van der Waals surface area contributed by atoms with Gasteiger partial charge in [0.05, 0.1) is 12.2 Å². The summed E-state index contributed by atoms with van der Waals surface area (Å²) in [6.07, 6.45) is 4.55. The molecule has 4 heteroatoms. The maximum Gasteiger partial charge on any atom is 0.224 e. The van der Waals surface area contributed by atoms with Gasteiger partial charge in [-0.05, 0) is 11.6 Å². The highest BCUT2D eigenvalue weighted by atomic mass is 19.1. The molecule has 0 saturated carbocycles. The third-order valence-electron chi connectivity index (χ3n) is 1.50. The van der Waals surface area contributed by atoms with Crippen LogP contribution >= 0.6 is 0 Å². The molecule has 0 aliphatic heterocycles. The fourth-order valence-corrected chi connectivity index (χ4v) is 0.903. The van der Waals surface area contributed by atoms with Crippen molar-refractivity contribution >= 4 is 12.4 Å². The van der Waals surface area contributed by atoms with E-state index in [1.165, 1.54) is 24.4 Å². The maximum absolute atomic E-state index is 12.8. The van der Waals surface area contributed by atoms with E-state index in [-0.39, 0.29) is 12.2 Å². The molecule has 1 aromatic rings. The van der Waals surface area contributed by atoms with E-state index in [2.05, 4.69) is 4.98 Å². The predicted octanol–water partition coefficient (Wildman–Crippen LogP) is 1.04. The Bertz CT molecular complexity index is 336. The Labute approximate surface area is 74.5 Å². The smallest absolute Gasteiger partial charge is 0.224 e. The van der Waals surface area contributed by atoms with Gasteiger partial charge in [0.25, 0.3) is 0 Å². The number of carbonyl (C=O) groups excluding carboxylic acids is 1. The Balaban J connectivity index is 3.12. The Hall–Kier alpha value is -1.55. The second-order valence-corrected chi connectivity index (χ2v) is 2.31. The third kappa shape index (κ3) is 2.19. The first-order valence-electron chi connectivity index (χ1n) is 3.66. The average molecular weight is 181 g/mol. The van der Waals surface area contributed by atoms with Gasteiger partial charge < -0.3 is 5.11 Å². The lowest BCUT2D eigenvalue weighted by atomic mass is 10.1. The average Bonchev–Trinajstić information content (AvgIpc) is 2.15. The molecule has 0 aromatic carbocycles. The van der Waals surface area contributed by atoms with E-state index in [0.717, 1.165) is 0 Å². The summed E-state index contributed by atoms with van der Waals surface area (Å²) in [5.41, 5.74) is 0.323. The molecule has 1 N–H and O–H groups in total. The van der Waals surface area contributed by atoms with Crippen molar-refractivity contribution < 1.29 is 14.3 Å². The molecule has 1 aromatic heterocycles. The second-order valence-electron chi connectivity index (χ2n) is 2.31. The van der Waals surface area contributed by atoms with Crippen LogP contribution in [0.4, 0.5) is 4.39 Å². The number of aliphatic hydroxyl groups excluding tert-OH is 1. The fraction of sp³-hybridized carbons (Fsp3) is 0.111. The quantitative estimate of drug-likeness (QED) is 0.559. The van der Waals surface area contributed by atoms with Crippen molar-refractivity contribution in [3.05, 3.63) is 35.4 Å². The van der Waals surface area contributed by atoms with Crippen molar-refractivity contribution in [1.29, 1.82) is 0 Å². The molecular formula is C9H8FNO2. The first-order chi connectivity index (χ1) is 6.29. The van der Waals surface area contributed by atoms with Crippen molar-refractivity contribution in [1.82, 2.24) is 4.98 Å². The van der Waals surface area contributed by atoms with Gasteiger partial charge in [0.15, 0.2) is 6.29 Å². The topological polar surface area (TPSA) is 50.2 Å². The first-order valence-corrected chi connectivity index (χ1v) is 3.66. The van der Waals surface area contributed by atoms with Crippen LogP contribution in [0.3, 0.4) is 0 Å². The van der Waals surface area contributed by atoms with E-state index < -0.39 is 5.95 Å². The number of nitrogens with zero attached hydrogens (tertiary/aromatic N) is 1. The molecule has 0 aliphatic rings. The lowest BCUT2D eigenvalue weighted by Crippen LogP contribution is -1.95. The molecular weight excluding hydrogens is 173 g/mol. The molecule has 0 aliphatic carbocycles. The number of aromatic nitrogens is 1. The van der Waals surface area contributed by atoms with Gasteiger partial charge >= 0.3 is 0 Å². The first kappa shape index (κ1) is 9.54. The number of rotatable bonds is 3. The molecule has 0 bridgehead atoms. The van der Waals surface area contributed by atoms with Gasteiger partial charge in [-0.3, -0.25) is 4.79 Å². The van der Waals surface area contributed by atoms with Gasteiger partial charge in [-0.15, -0.1) is 0 Å². The molecule has 0 amide bonds. The molecule has 0 radical (unpaired) electrons. The van der Waals surface area contributed by atoms with Crippen molar-refractivity contribution in [2.45, 2.75) is 0 Å². The van der Waals surface area contributed by atoms with Gasteiger partial charge in [-0.25, -0.2) is 4.98 Å². The highest BCUT2D eigenvalue weighted by molar-refractivity contribution is 5.81. The molecule has 0 unspecified atom stereocenters. The van der Waals surface area contributed by atoms with Crippen LogP contribution < -0.4 is 0 Å². The summed E-state index contributed by atoms with van der Waals surface area (Å²) in [5.74, 6) is -0.796. The fourth-order valence-electron chi connectivity index (χ4n) is 0.903. The van der Waals surface area contributed by atoms with Crippen LogP contribution in [0.25, 0.3) is 6.08 Å². The molecule has 1 rings (SSSR count). The summed E-state index contributed by atoms with van der Waals surface area (Å²) < 4.78 is 12.8. The summed E-state index contributed by atoms with van der Waals surface area (Å²) in [4.78, 5) is 13.8. The number of hydrogen-bond acceptors (Lipinski definition) is 3. The number of aliphatic hydroxyl groups is 1. The summed E-state index contributed by atoms with van der Waals surface area (Å²) >= 11 is 0. The number of halogens is 1. The third-order valence-corrected chi connectivity index (χ3v) is 1.50. The normalized spacial score (nSPS) is 10.6. The number of aldehydes is 1. The van der Waals surface area contributed by atoms with E-state index >= 15 is 0 Å². The van der Waals surface area contributed by atoms with Crippen LogP contribution in [0, 0.1) is 5.95 Å². The van der Waals surface area contributed by atoms with Crippen LogP contribution in [0.2, 0.25) is 0 Å². The molecule has 0 spiro atoms. The van der Waals surface area contributed by atoms with Crippen molar-refractivity contribution in [3.63, 3.8) is 0 Å². The monoisotopic (exact) mass is 181 g/mol. The molecule has 68 valence electrons. The Morgan fingerprint density at radius 3 is 3.00 bits per heavy atom. The minimum Gasteiger partial charge on any atom is -0.392 e. The highest BCUT2D eigenvalue weighted by Crippen LogP contribution is 2.10. The van der Waals surface area contributed by atoms with Gasteiger partial charge in [-0.1, -0.05) is 12.2 Å². The molecule has 3 nitrogen and oxygen atoms in total. The SMILES string of the molecule is O=Cc1c(C=CCO)ccnc1F. The molecule has 0 fully saturated rings. The minimum atomic E-state index is -0.796. The number of hydrogen-bond donors (Lipinski definition) is 1. The lowest BCUT2D eigenvalue weighted by Gasteiger charge is -1.97. The maximum atomic E-state index is 12.8. The van der Waals surface area contributed by atoms with Gasteiger partial charge in [0, 0.05) is 6.20 Å². The second kappa shape index (κ2) is 4.47. The zero-order valence-corrected chi connectivity index (χ0v) is 6.77. The Morgan fingerprint density at radius 1 is 1.62 bits per heavy atom. The number of carbonyl (C=O) groups is 1. The van der Waals surface area contributed by atoms with Crippen LogP contribution in [0.1, 0.15) is 15.9 Å². The summed E-state index contributed by atoms with van der Waals surface area (Å²) in [5, 5.41) is 8.48. The summed E-state index contributed by atoms with van der Waals surface area (Å²) in [6, 6.07) is 1.50. The molecule has 13 heavy (non-hydrogen) atoms. The van der Waals surface area contributed by atoms with Crippen LogP contribution in [0.5, 0.6) is 0 Å². The van der Waals surface area contributed by atoms with Gasteiger partial charge in [0.1, 0.15) is 0 Å². The Kier molecular flexibility index (Phi) is 3.28. The standard InChI is InChI=1S/C9H8FNO2/c10-9-8(6-13)7(2-1-5-12)3-4-11-9/h1-4,6,12H,5H2. The summed E-state index contributed by atoms with van der Waals surface area (Å²) in [7, 11) is 0. The van der Waals surface area contributed by atoms with Crippen molar-refractivity contribution in [2.75, 3.05) is 6.61 Å². The Morgan fingerprint density at radius 2 is 2.38 bits per heavy atom. The van der Waals surface area contributed by atoms with E-state index in [0.29, 0.717) is 11.8 Å². The minimum absolute atomic E-state index is 0.0906.